The highest BCUT2D eigenvalue weighted by Gasteiger charge is 2.08. The highest BCUT2D eigenvalue weighted by Crippen LogP contribution is 2.25. The minimum Gasteiger partial charge on any atom is -0.508 e. The zero-order valence-electron chi connectivity index (χ0n) is 11.6. The normalized spacial score (nSPS) is 10.9. The van der Waals surface area contributed by atoms with Crippen LogP contribution in [0.4, 0.5) is 0 Å². The van der Waals surface area contributed by atoms with E-state index in [1.807, 2.05) is 0 Å². The van der Waals surface area contributed by atoms with Gasteiger partial charge in [0.2, 0.25) is 0 Å². The fourth-order valence-electron chi connectivity index (χ4n) is 2.57. The summed E-state index contributed by atoms with van der Waals surface area (Å²) in [6, 6.07) is 13.1. The number of ether oxygens (including phenoxy) is 1. The first-order chi connectivity index (χ1) is 9.65. The van der Waals surface area contributed by atoms with Crippen LogP contribution >= 0.6 is 0 Å². The Bertz CT molecular complexity index is 742. The maximum absolute atomic E-state index is 9.26. The molecule has 0 saturated carbocycles. The Morgan fingerprint density at radius 1 is 1.10 bits per heavy atom. The van der Waals surface area contributed by atoms with Crippen LogP contribution in [0.1, 0.15) is 11.1 Å². The average Bonchev–Trinajstić information content (AvgIpc) is 2.76. The number of phenolic OH excluding ortho intramolecular Hbond substituents is 1. The summed E-state index contributed by atoms with van der Waals surface area (Å²) in [5.74, 6) is 1.01. The van der Waals surface area contributed by atoms with Crippen molar-refractivity contribution in [2.45, 2.75) is 13.5 Å². The summed E-state index contributed by atoms with van der Waals surface area (Å²) >= 11 is 0. The van der Waals surface area contributed by atoms with E-state index in [1.54, 1.807) is 24.3 Å². The van der Waals surface area contributed by atoms with Crippen molar-refractivity contribution < 1.29 is 9.84 Å². The maximum atomic E-state index is 9.26. The third-order valence-corrected chi connectivity index (χ3v) is 3.52. The summed E-state index contributed by atoms with van der Waals surface area (Å²) in [4.78, 5) is 0. The number of phenols is 1. The maximum Gasteiger partial charge on any atom is 0.120 e. The lowest BCUT2D eigenvalue weighted by Crippen LogP contribution is -1.94. The van der Waals surface area contributed by atoms with Crippen LogP contribution in [0, 0.1) is 6.92 Å². The molecule has 0 aliphatic rings. The van der Waals surface area contributed by atoms with Crippen molar-refractivity contribution in [2.24, 2.45) is 7.05 Å². The quantitative estimate of drug-likeness (QED) is 0.783. The molecule has 0 fully saturated rings. The van der Waals surface area contributed by atoms with E-state index in [-0.39, 0.29) is 5.75 Å². The van der Waals surface area contributed by atoms with Crippen molar-refractivity contribution in [2.75, 3.05) is 0 Å². The van der Waals surface area contributed by atoms with E-state index in [2.05, 4.69) is 42.9 Å². The molecular formula is C17H17NO2. The molecule has 3 aromatic rings. The second-order valence-electron chi connectivity index (χ2n) is 5.02. The molecule has 1 heterocycles. The van der Waals surface area contributed by atoms with E-state index in [0.717, 1.165) is 5.75 Å². The molecule has 0 aliphatic heterocycles. The van der Waals surface area contributed by atoms with E-state index in [0.29, 0.717) is 6.61 Å². The van der Waals surface area contributed by atoms with Crippen molar-refractivity contribution in [3.63, 3.8) is 0 Å². The molecule has 0 aliphatic carbocycles. The van der Waals surface area contributed by atoms with Crippen LogP contribution in [0.3, 0.4) is 0 Å². The van der Waals surface area contributed by atoms with Gasteiger partial charge in [0.15, 0.2) is 0 Å². The Balaban J connectivity index is 1.88. The van der Waals surface area contributed by atoms with Crippen molar-refractivity contribution >= 4 is 10.9 Å². The number of fused-ring (bicyclic) bond motifs is 1. The zero-order chi connectivity index (χ0) is 14.1. The smallest absolute Gasteiger partial charge is 0.120 e. The standard InChI is InChI=1S/C17H17NO2/c1-12-4-3-5-16-13(10-18(2)17(12)16)11-20-15-8-6-14(19)7-9-15/h3-10,19H,11H2,1-2H3. The lowest BCUT2D eigenvalue weighted by atomic mass is 10.1. The highest BCUT2D eigenvalue weighted by atomic mass is 16.5. The SMILES string of the molecule is Cc1cccc2c(COc3ccc(O)cc3)cn(C)c12. The first-order valence-corrected chi connectivity index (χ1v) is 6.60. The van der Waals surface area contributed by atoms with Crippen molar-refractivity contribution in [3.8, 4) is 11.5 Å². The third-order valence-electron chi connectivity index (χ3n) is 3.52. The number of aryl methyl sites for hydroxylation is 2. The molecule has 0 bridgehead atoms. The number of aromatic hydroxyl groups is 1. The predicted octanol–water partition coefficient (Wildman–Crippen LogP) is 3.77. The van der Waals surface area contributed by atoms with Gasteiger partial charge in [0.05, 0.1) is 5.52 Å². The van der Waals surface area contributed by atoms with Gasteiger partial charge in [0.1, 0.15) is 18.1 Å². The third kappa shape index (κ3) is 2.23. The van der Waals surface area contributed by atoms with Crippen LogP contribution in [0.5, 0.6) is 11.5 Å². The molecule has 102 valence electrons. The van der Waals surface area contributed by atoms with Gasteiger partial charge in [-0.25, -0.2) is 0 Å². The van der Waals surface area contributed by atoms with Gasteiger partial charge in [0.25, 0.3) is 0 Å². The number of rotatable bonds is 3. The summed E-state index contributed by atoms with van der Waals surface area (Å²) in [5, 5.41) is 10.5. The Morgan fingerprint density at radius 3 is 2.60 bits per heavy atom. The molecule has 0 unspecified atom stereocenters. The molecule has 1 N–H and O–H groups in total. The van der Waals surface area contributed by atoms with E-state index in [1.165, 1.54) is 22.0 Å². The van der Waals surface area contributed by atoms with Gasteiger partial charge in [-0.2, -0.15) is 0 Å². The summed E-state index contributed by atoms with van der Waals surface area (Å²) in [5.41, 5.74) is 3.68. The molecule has 20 heavy (non-hydrogen) atoms. The molecule has 2 aromatic carbocycles. The first-order valence-electron chi connectivity index (χ1n) is 6.60. The van der Waals surface area contributed by atoms with Gasteiger partial charge in [0, 0.05) is 24.2 Å². The van der Waals surface area contributed by atoms with Crippen LogP contribution in [-0.2, 0) is 13.7 Å². The number of aromatic nitrogens is 1. The van der Waals surface area contributed by atoms with Gasteiger partial charge in [-0.3, -0.25) is 0 Å². The fraction of sp³-hybridized carbons (Fsp3) is 0.176. The second kappa shape index (κ2) is 4.93. The molecule has 0 spiro atoms. The predicted molar refractivity (Wildman–Crippen MR) is 80.1 cm³/mol. The van der Waals surface area contributed by atoms with Crippen LogP contribution in [0.15, 0.2) is 48.7 Å². The Hall–Kier alpha value is -2.42. The number of hydrogen-bond donors (Lipinski definition) is 1. The lowest BCUT2D eigenvalue weighted by Gasteiger charge is -2.05. The summed E-state index contributed by atoms with van der Waals surface area (Å²) in [6.45, 7) is 2.64. The van der Waals surface area contributed by atoms with Crippen LogP contribution in [0.2, 0.25) is 0 Å². The van der Waals surface area contributed by atoms with Crippen LogP contribution in [0.25, 0.3) is 10.9 Å². The zero-order valence-corrected chi connectivity index (χ0v) is 11.6. The van der Waals surface area contributed by atoms with Crippen LogP contribution in [-0.4, -0.2) is 9.67 Å². The van der Waals surface area contributed by atoms with Gasteiger partial charge in [-0.15, -0.1) is 0 Å². The molecule has 3 nitrogen and oxygen atoms in total. The number of hydrogen-bond acceptors (Lipinski definition) is 2. The van der Waals surface area contributed by atoms with E-state index in [9.17, 15) is 5.11 Å². The molecule has 3 heteroatoms. The largest absolute Gasteiger partial charge is 0.508 e. The highest BCUT2D eigenvalue weighted by molar-refractivity contribution is 5.86. The van der Waals surface area contributed by atoms with E-state index in [4.69, 9.17) is 4.74 Å². The minimum atomic E-state index is 0.248. The summed E-state index contributed by atoms with van der Waals surface area (Å²) < 4.78 is 7.92. The molecule has 1 aromatic heterocycles. The van der Waals surface area contributed by atoms with Crippen molar-refractivity contribution in [3.05, 3.63) is 59.8 Å². The second-order valence-corrected chi connectivity index (χ2v) is 5.02. The average molecular weight is 267 g/mol. The number of para-hydroxylation sites is 1. The summed E-state index contributed by atoms with van der Waals surface area (Å²) in [7, 11) is 2.05. The molecule has 0 radical (unpaired) electrons. The van der Waals surface area contributed by atoms with Gasteiger partial charge < -0.3 is 14.4 Å². The Morgan fingerprint density at radius 2 is 1.85 bits per heavy atom. The minimum absolute atomic E-state index is 0.248. The van der Waals surface area contributed by atoms with Crippen molar-refractivity contribution in [1.82, 2.24) is 4.57 Å². The van der Waals surface area contributed by atoms with Gasteiger partial charge >= 0.3 is 0 Å². The van der Waals surface area contributed by atoms with Gasteiger partial charge in [-0.05, 0) is 36.8 Å². The Kier molecular flexibility index (Phi) is 3.11. The van der Waals surface area contributed by atoms with Gasteiger partial charge in [-0.1, -0.05) is 18.2 Å². The monoisotopic (exact) mass is 267 g/mol. The van der Waals surface area contributed by atoms with Crippen LogP contribution < -0.4 is 4.74 Å². The number of benzene rings is 2. The van der Waals surface area contributed by atoms with Crippen molar-refractivity contribution in [1.29, 1.82) is 0 Å². The van der Waals surface area contributed by atoms with E-state index < -0.39 is 0 Å². The summed E-state index contributed by atoms with van der Waals surface area (Å²) in [6.07, 6.45) is 2.11. The fourth-order valence-corrected chi connectivity index (χ4v) is 2.57. The lowest BCUT2D eigenvalue weighted by molar-refractivity contribution is 0.307. The first kappa shape index (κ1) is 12.6. The number of nitrogens with zero attached hydrogens (tertiary/aromatic N) is 1. The topological polar surface area (TPSA) is 34.4 Å². The van der Waals surface area contributed by atoms with E-state index >= 15 is 0 Å². The molecule has 0 saturated heterocycles. The molecule has 0 atom stereocenters. The molecule has 3 rings (SSSR count). The Labute approximate surface area is 118 Å². The molecule has 0 amide bonds. The molecular weight excluding hydrogens is 250 g/mol.